The highest BCUT2D eigenvalue weighted by molar-refractivity contribution is 5.99. The molecule has 0 radical (unpaired) electrons. The average Bonchev–Trinajstić information content (AvgIpc) is 2.34. The number of aliphatic carboxylic acids is 1. The largest absolute Gasteiger partial charge is 0.478 e. The Labute approximate surface area is 109 Å². The van der Waals surface area contributed by atoms with Crippen molar-refractivity contribution in [2.24, 2.45) is 4.99 Å². The van der Waals surface area contributed by atoms with Gasteiger partial charge in [-0.05, 0) is 19.9 Å². The molecule has 0 aliphatic heterocycles. The quantitative estimate of drug-likeness (QED) is 0.674. The summed E-state index contributed by atoms with van der Waals surface area (Å²) in [6.45, 7) is 3.25. The number of hydrogen-bond acceptors (Lipinski definition) is 3. The topological polar surface area (TPSA) is 62.5 Å². The number of rotatable bonds is 4. The van der Waals surface area contributed by atoms with Gasteiger partial charge in [0.05, 0.1) is 5.57 Å². The molecule has 0 amide bonds. The zero-order valence-corrected chi connectivity index (χ0v) is 10.8. The van der Waals surface area contributed by atoms with Crippen molar-refractivity contribution in [2.75, 3.05) is 0 Å². The molecule has 0 bridgehead atoms. The maximum Gasteiger partial charge on any atom is 0.333 e. The number of carboxylic acids is 1. The van der Waals surface area contributed by atoms with Crippen molar-refractivity contribution >= 4 is 11.7 Å². The predicted molar refractivity (Wildman–Crippen MR) is 67.4 cm³/mol. The van der Waals surface area contributed by atoms with E-state index in [0.29, 0.717) is 12.5 Å². The second-order valence-electron chi connectivity index (χ2n) is 4.11. The fourth-order valence-electron chi connectivity index (χ4n) is 1.42. The van der Waals surface area contributed by atoms with Crippen molar-refractivity contribution in [3.05, 3.63) is 41.4 Å². The average molecular weight is 268 g/mol. The standard InChI is InChI=1S/C13H14F2N2O2/c1-8(12(18)19)11(13(3,14)15)17-9(2)10-5-4-6-16-7-10/h4-7H,1-3H3,(H,18,19)/b11-8+,17-9?. The van der Waals surface area contributed by atoms with Crippen LogP contribution < -0.4 is 0 Å². The molecule has 0 unspecified atom stereocenters. The van der Waals surface area contributed by atoms with Gasteiger partial charge in [0.15, 0.2) is 0 Å². The summed E-state index contributed by atoms with van der Waals surface area (Å²) in [7, 11) is 0. The van der Waals surface area contributed by atoms with Crippen LogP contribution in [0.4, 0.5) is 8.78 Å². The smallest absolute Gasteiger partial charge is 0.333 e. The number of allylic oxidation sites excluding steroid dienone is 1. The monoisotopic (exact) mass is 268 g/mol. The molecule has 0 atom stereocenters. The molecule has 0 fully saturated rings. The number of nitrogens with zero attached hydrogens (tertiary/aromatic N) is 2. The molecule has 102 valence electrons. The van der Waals surface area contributed by atoms with Crippen LogP contribution in [0, 0.1) is 0 Å². The molecule has 0 spiro atoms. The highest BCUT2D eigenvalue weighted by Crippen LogP contribution is 2.28. The molecular formula is C13H14F2N2O2. The van der Waals surface area contributed by atoms with Crippen molar-refractivity contribution in [1.29, 1.82) is 0 Å². The first kappa shape index (κ1) is 14.9. The van der Waals surface area contributed by atoms with Crippen LogP contribution in [-0.2, 0) is 4.79 Å². The van der Waals surface area contributed by atoms with E-state index >= 15 is 0 Å². The number of halogens is 2. The first-order valence-electron chi connectivity index (χ1n) is 5.51. The number of aromatic nitrogens is 1. The van der Waals surface area contributed by atoms with E-state index in [-0.39, 0.29) is 5.71 Å². The maximum absolute atomic E-state index is 13.4. The molecule has 19 heavy (non-hydrogen) atoms. The van der Waals surface area contributed by atoms with E-state index in [0.717, 1.165) is 6.92 Å². The fraction of sp³-hybridized carbons (Fsp3) is 0.308. The molecule has 0 saturated heterocycles. The van der Waals surface area contributed by atoms with Crippen LogP contribution in [0.15, 0.2) is 40.8 Å². The fourth-order valence-corrected chi connectivity index (χ4v) is 1.42. The van der Waals surface area contributed by atoms with Gasteiger partial charge in [-0.25, -0.2) is 4.79 Å². The minimum absolute atomic E-state index is 0.283. The van der Waals surface area contributed by atoms with E-state index in [9.17, 15) is 13.6 Å². The number of pyridine rings is 1. The van der Waals surface area contributed by atoms with Gasteiger partial charge in [0.1, 0.15) is 5.70 Å². The first-order valence-corrected chi connectivity index (χ1v) is 5.51. The molecule has 1 aromatic heterocycles. The van der Waals surface area contributed by atoms with Crippen LogP contribution >= 0.6 is 0 Å². The summed E-state index contributed by atoms with van der Waals surface area (Å²) in [5.74, 6) is -4.74. The van der Waals surface area contributed by atoms with Crippen molar-refractivity contribution in [3.8, 4) is 0 Å². The second-order valence-corrected chi connectivity index (χ2v) is 4.11. The van der Waals surface area contributed by atoms with Crippen LogP contribution in [0.1, 0.15) is 26.3 Å². The lowest BCUT2D eigenvalue weighted by Gasteiger charge is -2.14. The summed E-state index contributed by atoms with van der Waals surface area (Å²) in [5.41, 5.74) is -0.384. The highest BCUT2D eigenvalue weighted by atomic mass is 19.3. The summed E-state index contributed by atoms with van der Waals surface area (Å²) in [6.07, 6.45) is 3.02. The van der Waals surface area contributed by atoms with Gasteiger partial charge in [-0.3, -0.25) is 9.98 Å². The summed E-state index contributed by atoms with van der Waals surface area (Å²) < 4.78 is 26.9. The lowest BCUT2D eigenvalue weighted by Crippen LogP contribution is -2.18. The molecule has 4 nitrogen and oxygen atoms in total. The first-order chi connectivity index (χ1) is 8.73. The number of carbonyl (C=O) groups is 1. The van der Waals surface area contributed by atoms with Gasteiger partial charge in [0, 0.05) is 30.6 Å². The third-order valence-corrected chi connectivity index (χ3v) is 2.45. The molecule has 0 aromatic carbocycles. The van der Waals surface area contributed by atoms with E-state index in [2.05, 4.69) is 9.98 Å². The van der Waals surface area contributed by atoms with Crippen molar-refractivity contribution in [1.82, 2.24) is 4.98 Å². The van der Waals surface area contributed by atoms with E-state index in [4.69, 9.17) is 5.11 Å². The highest BCUT2D eigenvalue weighted by Gasteiger charge is 2.31. The predicted octanol–water partition coefficient (Wildman–Crippen LogP) is 2.90. The Balaban J connectivity index is 3.31. The molecule has 1 heterocycles. The molecular weight excluding hydrogens is 254 g/mol. The molecule has 0 aliphatic carbocycles. The maximum atomic E-state index is 13.4. The third-order valence-electron chi connectivity index (χ3n) is 2.45. The number of aliphatic imine (C=N–C) groups is 1. The van der Waals surface area contributed by atoms with Gasteiger partial charge in [-0.2, -0.15) is 8.78 Å². The number of alkyl halides is 2. The minimum Gasteiger partial charge on any atom is -0.478 e. The van der Waals surface area contributed by atoms with Gasteiger partial charge in [0.2, 0.25) is 0 Å². The summed E-state index contributed by atoms with van der Waals surface area (Å²) in [5, 5.41) is 8.83. The van der Waals surface area contributed by atoms with Gasteiger partial charge in [0.25, 0.3) is 5.92 Å². The van der Waals surface area contributed by atoms with Crippen molar-refractivity contribution in [3.63, 3.8) is 0 Å². The Morgan fingerprint density at radius 2 is 2.05 bits per heavy atom. The zero-order chi connectivity index (χ0) is 14.6. The Morgan fingerprint density at radius 1 is 1.42 bits per heavy atom. The molecule has 1 aromatic rings. The van der Waals surface area contributed by atoms with Gasteiger partial charge < -0.3 is 5.11 Å². The van der Waals surface area contributed by atoms with Crippen molar-refractivity contribution < 1.29 is 18.7 Å². The van der Waals surface area contributed by atoms with Crippen LogP contribution in [0.3, 0.4) is 0 Å². The second kappa shape index (κ2) is 5.69. The Morgan fingerprint density at radius 3 is 2.47 bits per heavy atom. The van der Waals surface area contributed by atoms with E-state index in [1.807, 2.05) is 0 Å². The number of carboxylic acid groups (broad SMARTS) is 1. The van der Waals surface area contributed by atoms with Crippen LogP contribution in [0.25, 0.3) is 0 Å². The molecule has 1 N–H and O–H groups in total. The molecule has 6 heteroatoms. The van der Waals surface area contributed by atoms with Crippen LogP contribution in [-0.4, -0.2) is 27.7 Å². The summed E-state index contributed by atoms with van der Waals surface area (Å²) in [6, 6.07) is 3.30. The normalized spacial score (nSPS) is 14.1. The van der Waals surface area contributed by atoms with Crippen LogP contribution in [0.5, 0.6) is 0 Å². The van der Waals surface area contributed by atoms with Crippen LogP contribution in [0.2, 0.25) is 0 Å². The summed E-state index contributed by atoms with van der Waals surface area (Å²) in [4.78, 5) is 18.5. The molecule has 0 saturated carbocycles. The molecule has 1 rings (SSSR count). The van der Waals surface area contributed by atoms with E-state index < -0.39 is 23.2 Å². The van der Waals surface area contributed by atoms with Crippen molar-refractivity contribution in [2.45, 2.75) is 26.7 Å². The van der Waals surface area contributed by atoms with E-state index in [1.165, 1.54) is 13.1 Å². The van der Waals surface area contributed by atoms with Gasteiger partial charge >= 0.3 is 5.97 Å². The van der Waals surface area contributed by atoms with Gasteiger partial charge in [-0.1, -0.05) is 6.07 Å². The molecule has 0 aliphatic rings. The van der Waals surface area contributed by atoms with E-state index in [1.54, 1.807) is 18.3 Å². The van der Waals surface area contributed by atoms with Gasteiger partial charge in [-0.15, -0.1) is 0 Å². The third kappa shape index (κ3) is 3.94. The Bertz CT molecular complexity index is 531. The zero-order valence-electron chi connectivity index (χ0n) is 10.8. The Hall–Kier alpha value is -2.11. The lowest BCUT2D eigenvalue weighted by molar-refractivity contribution is -0.132. The SMILES string of the molecule is CC(=N/C(=C(\C)C(=O)O)C(C)(F)F)c1cccnc1. The summed E-state index contributed by atoms with van der Waals surface area (Å²) >= 11 is 0. The number of hydrogen-bond donors (Lipinski definition) is 1. The lowest BCUT2D eigenvalue weighted by atomic mass is 10.1. The Kier molecular flexibility index (Phi) is 4.47. The minimum atomic E-state index is -3.33.